The molecule has 0 fully saturated rings. The summed E-state index contributed by atoms with van der Waals surface area (Å²) in [5.41, 5.74) is 2.38. The van der Waals surface area contributed by atoms with Crippen molar-refractivity contribution in [3.05, 3.63) is 39.2 Å². The largest absolute Gasteiger partial charge is 0.495 e. The monoisotopic (exact) mass is 242 g/mol. The first-order valence-electron chi connectivity index (χ1n) is 5.60. The molecule has 4 heteroatoms. The zero-order valence-corrected chi connectivity index (χ0v) is 10.9. The van der Waals surface area contributed by atoms with E-state index in [1.807, 2.05) is 25.1 Å². The maximum Gasteiger partial charge on any atom is 0.269 e. The van der Waals surface area contributed by atoms with E-state index in [1.54, 1.807) is 21.1 Å². The molecular formula is C14H14N2O2. The van der Waals surface area contributed by atoms with Gasteiger partial charge >= 0.3 is 0 Å². The van der Waals surface area contributed by atoms with Crippen LogP contribution in [0.4, 0.5) is 0 Å². The third-order valence-electron chi connectivity index (χ3n) is 3.28. The highest BCUT2D eigenvalue weighted by molar-refractivity contribution is 5.91. The molecule has 92 valence electrons. The van der Waals surface area contributed by atoms with Crippen molar-refractivity contribution in [2.75, 3.05) is 7.11 Å². The van der Waals surface area contributed by atoms with E-state index in [0.29, 0.717) is 11.3 Å². The number of hydrogen-bond donors (Lipinski definition) is 0. The SMILES string of the molecule is COc1ccc(C)c2c(C)c(C#N)c(=O)n(C)c12. The molecule has 0 N–H and O–H groups in total. The van der Waals surface area contributed by atoms with Crippen LogP contribution in [0.5, 0.6) is 5.75 Å². The second-order valence-corrected chi connectivity index (χ2v) is 4.28. The summed E-state index contributed by atoms with van der Waals surface area (Å²) >= 11 is 0. The van der Waals surface area contributed by atoms with Crippen LogP contribution in [0.3, 0.4) is 0 Å². The molecule has 1 aromatic carbocycles. The van der Waals surface area contributed by atoms with Gasteiger partial charge in [0.05, 0.1) is 12.6 Å². The van der Waals surface area contributed by atoms with Crippen molar-refractivity contribution in [3.8, 4) is 11.8 Å². The Morgan fingerprint density at radius 3 is 2.56 bits per heavy atom. The highest BCUT2D eigenvalue weighted by Gasteiger charge is 2.16. The molecule has 0 atom stereocenters. The molecule has 1 heterocycles. The Labute approximate surface area is 105 Å². The first-order chi connectivity index (χ1) is 8.52. The molecule has 0 saturated heterocycles. The van der Waals surface area contributed by atoms with Crippen molar-refractivity contribution in [2.24, 2.45) is 7.05 Å². The fraction of sp³-hybridized carbons (Fsp3) is 0.286. The van der Waals surface area contributed by atoms with Gasteiger partial charge in [-0.05, 0) is 31.0 Å². The van der Waals surface area contributed by atoms with Crippen LogP contribution in [0.1, 0.15) is 16.7 Å². The molecule has 4 nitrogen and oxygen atoms in total. The number of nitrogens with zero attached hydrogens (tertiary/aromatic N) is 2. The number of aryl methyl sites for hydroxylation is 3. The third kappa shape index (κ3) is 1.48. The van der Waals surface area contributed by atoms with E-state index in [1.165, 1.54) is 4.57 Å². The van der Waals surface area contributed by atoms with Crippen molar-refractivity contribution >= 4 is 10.9 Å². The van der Waals surface area contributed by atoms with E-state index in [2.05, 4.69) is 0 Å². The van der Waals surface area contributed by atoms with E-state index >= 15 is 0 Å². The Morgan fingerprint density at radius 2 is 2.00 bits per heavy atom. The average molecular weight is 242 g/mol. The highest BCUT2D eigenvalue weighted by Crippen LogP contribution is 2.30. The standard InChI is InChI=1S/C14H14N2O2/c1-8-5-6-11(18-4)13-12(8)9(2)10(7-15)14(17)16(13)3/h5-6H,1-4H3. The van der Waals surface area contributed by atoms with Crippen LogP contribution < -0.4 is 10.3 Å². The number of rotatable bonds is 1. The smallest absolute Gasteiger partial charge is 0.269 e. The molecule has 0 bridgehead atoms. The topological polar surface area (TPSA) is 55.0 Å². The van der Waals surface area contributed by atoms with Gasteiger partial charge in [0.1, 0.15) is 17.4 Å². The summed E-state index contributed by atoms with van der Waals surface area (Å²) in [7, 11) is 3.23. The van der Waals surface area contributed by atoms with Gasteiger partial charge in [0.15, 0.2) is 0 Å². The van der Waals surface area contributed by atoms with Gasteiger partial charge < -0.3 is 9.30 Å². The number of methoxy groups -OCH3 is 1. The van der Waals surface area contributed by atoms with Gasteiger partial charge in [0.25, 0.3) is 5.56 Å². The lowest BCUT2D eigenvalue weighted by molar-refractivity contribution is 0.417. The van der Waals surface area contributed by atoms with Crippen LogP contribution in [0, 0.1) is 25.2 Å². The summed E-state index contributed by atoms with van der Waals surface area (Å²) < 4.78 is 6.78. The van der Waals surface area contributed by atoms with Crippen LogP contribution >= 0.6 is 0 Å². The summed E-state index contributed by atoms with van der Waals surface area (Å²) in [5.74, 6) is 0.641. The van der Waals surface area contributed by atoms with Gasteiger partial charge in [-0.1, -0.05) is 6.07 Å². The molecule has 18 heavy (non-hydrogen) atoms. The summed E-state index contributed by atoms with van der Waals surface area (Å²) in [6.45, 7) is 3.76. The van der Waals surface area contributed by atoms with E-state index in [4.69, 9.17) is 10.00 Å². The van der Waals surface area contributed by atoms with Gasteiger partial charge in [0.2, 0.25) is 0 Å². The lowest BCUT2D eigenvalue weighted by Crippen LogP contribution is -2.22. The molecule has 0 radical (unpaired) electrons. The van der Waals surface area contributed by atoms with Gasteiger partial charge in [-0.3, -0.25) is 4.79 Å². The Morgan fingerprint density at radius 1 is 1.33 bits per heavy atom. The van der Waals surface area contributed by atoms with Crippen LogP contribution in [0.15, 0.2) is 16.9 Å². The Kier molecular flexibility index (Phi) is 2.84. The molecule has 0 aliphatic carbocycles. The molecule has 2 rings (SSSR count). The molecule has 0 aliphatic heterocycles. The molecule has 0 unspecified atom stereocenters. The summed E-state index contributed by atoms with van der Waals surface area (Å²) in [6.07, 6.45) is 0. The minimum Gasteiger partial charge on any atom is -0.495 e. The summed E-state index contributed by atoms with van der Waals surface area (Å²) in [5, 5.41) is 10.0. The zero-order valence-electron chi connectivity index (χ0n) is 10.9. The predicted molar refractivity (Wildman–Crippen MR) is 69.9 cm³/mol. The molecular weight excluding hydrogens is 228 g/mol. The molecule has 0 aliphatic rings. The van der Waals surface area contributed by atoms with Gasteiger partial charge in [-0.2, -0.15) is 5.26 Å². The number of aromatic nitrogens is 1. The number of ether oxygens (including phenoxy) is 1. The van der Waals surface area contributed by atoms with Crippen LogP contribution in [-0.2, 0) is 7.05 Å². The number of benzene rings is 1. The van der Waals surface area contributed by atoms with Gasteiger partial charge in [0, 0.05) is 12.4 Å². The van der Waals surface area contributed by atoms with E-state index in [9.17, 15) is 4.79 Å². The van der Waals surface area contributed by atoms with Crippen LogP contribution in [0.25, 0.3) is 10.9 Å². The van der Waals surface area contributed by atoms with Crippen LogP contribution in [-0.4, -0.2) is 11.7 Å². The highest BCUT2D eigenvalue weighted by atomic mass is 16.5. The second-order valence-electron chi connectivity index (χ2n) is 4.28. The van der Waals surface area contributed by atoms with Crippen molar-refractivity contribution < 1.29 is 4.74 Å². The Hall–Kier alpha value is -2.28. The average Bonchev–Trinajstić information content (AvgIpc) is 2.36. The lowest BCUT2D eigenvalue weighted by Gasteiger charge is -2.14. The lowest BCUT2D eigenvalue weighted by atomic mass is 10.0. The van der Waals surface area contributed by atoms with Crippen LogP contribution in [0.2, 0.25) is 0 Å². The number of hydrogen-bond acceptors (Lipinski definition) is 3. The van der Waals surface area contributed by atoms with E-state index < -0.39 is 0 Å². The minimum atomic E-state index is -0.286. The fourth-order valence-electron chi connectivity index (χ4n) is 2.33. The van der Waals surface area contributed by atoms with Crippen molar-refractivity contribution in [3.63, 3.8) is 0 Å². The Balaban J connectivity index is 3.18. The number of fused-ring (bicyclic) bond motifs is 1. The molecule has 2 aromatic rings. The first-order valence-corrected chi connectivity index (χ1v) is 5.60. The van der Waals surface area contributed by atoms with E-state index in [0.717, 1.165) is 16.5 Å². The fourth-order valence-corrected chi connectivity index (χ4v) is 2.33. The molecule has 0 spiro atoms. The second kappa shape index (κ2) is 4.19. The molecule has 0 saturated carbocycles. The van der Waals surface area contributed by atoms with E-state index in [-0.39, 0.29) is 11.1 Å². The summed E-state index contributed by atoms with van der Waals surface area (Å²) in [4.78, 5) is 12.1. The number of pyridine rings is 1. The Bertz CT molecular complexity index is 736. The first kappa shape index (κ1) is 12.2. The normalized spacial score (nSPS) is 10.4. The predicted octanol–water partition coefficient (Wildman–Crippen LogP) is 2.04. The molecule has 1 aromatic heterocycles. The third-order valence-corrected chi connectivity index (χ3v) is 3.28. The maximum absolute atomic E-state index is 12.1. The zero-order chi connectivity index (χ0) is 13.4. The van der Waals surface area contributed by atoms with Gasteiger partial charge in [-0.15, -0.1) is 0 Å². The van der Waals surface area contributed by atoms with Crippen molar-refractivity contribution in [1.82, 2.24) is 4.57 Å². The van der Waals surface area contributed by atoms with Crippen molar-refractivity contribution in [1.29, 1.82) is 5.26 Å². The molecule has 0 amide bonds. The van der Waals surface area contributed by atoms with Crippen molar-refractivity contribution in [2.45, 2.75) is 13.8 Å². The number of nitriles is 1. The summed E-state index contributed by atoms with van der Waals surface area (Å²) in [6, 6.07) is 5.75. The maximum atomic E-state index is 12.1. The minimum absolute atomic E-state index is 0.196. The van der Waals surface area contributed by atoms with Gasteiger partial charge in [-0.25, -0.2) is 0 Å². The quantitative estimate of drug-likeness (QED) is 0.769.